The molecule has 24 heavy (non-hydrogen) atoms. The Morgan fingerprint density at radius 3 is 3.08 bits per heavy atom. The number of hydrogen-bond donors (Lipinski definition) is 1. The number of aromatic nitrogens is 3. The van der Waals surface area contributed by atoms with Crippen molar-refractivity contribution in [2.45, 2.75) is 31.2 Å². The molecule has 1 aliphatic carbocycles. The summed E-state index contributed by atoms with van der Waals surface area (Å²) in [5, 5.41) is 12.2. The molecule has 124 valence electrons. The molecule has 0 aliphatic heterocycles. The molecule has 0 saturated carbocycles. The van der Waals surface area contributed by atoms with E-state index in [4.69, 9.17) is 0 Å². The predicted octanol–water partition coefficient (Wildman–Crippen LogP) is 1.16. The second-order valence-corrected chi connectivity index (χ2v) is 6.97. The van der Waals surface area contributed by atoms with Gasteiger partial charge in [0.05, 0.1) is 11.3 Å². The molecule has 0 saturated heterocycles. The molecule has 8 heteroatoms. The number of aromatic amines is 1. The molecule has 0 fully saturated rings. The largest absolute Gasteiger partial charge is 0.438 e. The van der Waals surface area contributed by atoms with E-state index in [2.05, 4.69) is 27.8 Å². The van der Waals surface area contributed by atoms with E-state index in [1.165, 1.54) is 23.5 Å². The van der Waals surface area contributed by atoms with Crippen LogP contribution in [0.3, 0.4) is 0 Å². The number of nitrogens with one attached hydrogen (secondary N) is 1. The van der Waals surface area contributed by atoms with E-state index < -0.39 is 5.63 Å². The monoisotopic (exact) mass is 345 g/mol. The summed E-state index contributed by atoms with van der Waals surface area (Å²) in [5.74, 6) is 0.251. The number of carbonyl (C=O) groups excluding carboxylic acids is 1. The van der Waals surface area contributed by atoms with E-state index in [1.807, 2.05) is 6.07 Å². The number of H-pyrrole nitrogens is 1. The number of Topliss-reactive ketones (excluding diaryl/α,β-unsaturated/α-hetero) is 1. The van der Waals surface area contributed by atoms with Gasteiger partial charge in [-0.25, -0.2) is 9.78 Å². The highest BCUT2D eigenvalue weighted by molar-refractivity contribution is 8.00. The predicted molar refractivity (Wildman–Crippen MR) is 85.7 cm³/mol. The van der Waals surface area contributed by atoms with Crippen LogP contribution in [0.15, 0.2) is 20.4 Å². The highest BCUT2D eigenvalue weighted by atomic mass is 32.2. The molecule has 2 aromatic rings. The SMILES string of the molecule is CC1CCc2nc(SCC(=O)c3c(=O)o[nH][n+]3C)c(C#N)cc2C1. The van der Waals surface area contributed by atoms with Crippen LogP contribution in [0.4, 0.5) is 0 Å². The maximum Gasteiger partial charge on any atom is 0.438 e. The first-order valence-electron chi connectivity index (χ1n) is 7.66. The minimum Gasteiger partial charge on any atom is -0.286 e. The van der Waals surface area contributed by atoms with Crippen LogP contribution in [0.2, 0.25) is 0 Å². The summed E-state index contributed by atoms with van der Waals surface area (Å²) >= 11 is 1.18. The number of pyridine rings is 1. The number of hydrogen-bond acceptors (Lipinski definition) is 6. The summed E-state index contributed by atoms with van der Waals surface area (Å²) in [5.41, 5.74) is 1.86. The van der Waals surface area contributed by atoms with E-state index in [9.17, 15) is 14.9 Å². The average molecular weight is 345 g/mol. The minimum atomic E-state index is -0.698. The van der Waals surface area contributed by atoms with Gasteiger partial charge in [0.15, 0.2) is 7.05 Å². The maximum absolute atomic E-state index is 12.2. The fraction of sp³-hybridized carbons (Fsp3) is 0.438. The number of carbonyl (C=O) groups is 1. The summed E-state index contributed by atoms with van der Waals surface area (Å²) in [6.07, 6.45) is 2.90. The van der Waals surface area contributed by atoms with Crippen molar-refractivity contribution in [2.24, 2.45) is 13.0 Å². The second-order valence-electron chi connectivity index (χ2n) is 6.01. The Morgan fingerprint density at radius 1 is 1.62 bits per heavy atom. The zero-order valence-corrected chi connectivity index (χ0v) is 14.3. The van der Waals surface area contributed by atoms with Crippen LogP contribution in [-0.2, 0) is 19.9 Å². The van der Waals surface area contributed by atoms with Crippen molar-refractivity contribution >= 4 is 17.5 Å². The summed E-state index contributed by atoms with van der Waals surface area (Å²) in [4.78, 5) is 28.3. The van der Waals surface area contributed by atoms with E-state index in [0.29, 0.717) is 16.5 Å². The van der Waals surface area contributed by atoms with E-state index in [1.54, 1.807) is 0 Å². The second kappa shape index (κ2) is 6.61. The Labute approximate surface area is 142 Å². The van der Waals surface area contributed by atoms with E-state index >= 15 is 0 Å². The lowest BCUT2D eigenvalue weighted by Crippen LogP contribution is -2.39. The zero-order chi connectivity index (χ0) is 17.3. The third-order valence-electron chi connectivity index (χ3n) is 4.13. The van der Waals surface area contributed by atoms with Gasteiger partial charge >= 0.3 is 11.3 Å². The van der Waals surface area contributed by atoms with Gasteiger partial charge in [0, 0.05) is 5.69 Å². The summed E-state index contributed by atoms with van der Waals surface area (Å²) in [6, 6.07) is 4.04. The number of fused-ring (bicyclic) bond motifs is 1. The van der Waals surface area contributed by atoms with Crippen molar-refractivity contribution in [1.82, 2.24) is 10.3 Å². The molecule has 1 N–H and O–H groups in total. The molecular formula is C16H17N4O3S+. The Hall–Kier alpha value is -2.40. The van der Waals surface area contributed by atoms with E-state index in [-0.39, 0.29) is 17.2 Å². The summed E-state index contributed by atoms with van der Waals surface area (Å²) in [7, 11) is 1.53. The molecule has 1 aliphatic rings. The average Bonchev–Trinajstić information content (AvgIpc) is 2.90. The quantitative estimate of drug-likeness (QED) is 0.507. The molecule has 1 atom stereocenters. The van der Waals surface area contributed by atoms with Crippen LogP contribution in [-0.4, -0.2) is 21.8 Å². The van der Waals surface area contributed by atoms with Crippen molar-refractivity contribution in [3.05, 3.63) is 39.0 Å². The van der Waals surface area contributed by atoms with Gasteiger partial charge in [-0.15, -0.1) is 0 Å². The van der Waals surface area contributed by atoms with Crippen LogP contribution >= 0.6 is 11.8 Å². The van der Waals surface area contributed by atoms with Gasteiger partial charge in [-0.3, -0.25) is 9.32 Å². The number of ketones is 1. The van der Waals surface area contributed by atoms with Crippen LogP contribution in [0.1, 0.15) is 40.7 Å². The lowest BCUT2D eigenvalue weighted by molar-refractivity contribution is -0.741. The van der Waals surface area contributed by atoms with Crippen LogP contribution in [0, 0.1) is 17.2 Å². The standard InChI is InChI=1S/C16H16N4O3S/c1-9-3-4-12-10(5-9)6-11(7-17)15(18-12)24-8-13(21)14-16(22)23-19-20(14)2/h6,9H,3-5,8H2,1-2H3/p+1. The van der Waals surface area contributed by atoms with Crippen LogP contribution in [0.5, 0.6) is 0 Å². The van der Waals surface area contributed by atoms with Crippen molar-refractivity contribution in [1.29, 1.82) is 5.26 Å². The number of aryl methyl sites for hydroxylation is 2. The van der Waals surface area contributed by atoms with Crippen molar-refractivity contribution in [3.63, 3.8) is 0 Å². The van der Waals surface area contributed by atoms with Crippen molar-refractivity contribution < 1.29 is 14.0 Å². The van der Waals surface area contributed by atoms with Crippen molar-refractivity contribution in [3.8, 4) is 6.07 Å². The first-order valence-corrected chi connectivity index (χ1v) is 8.64. The molecule has 7 nitrogen and oxygen atoms in total. The molecule has 2 heterocycles. The maximum atomic E-state index is 12.2. The third kappa shape index (κ3) is 3.12. The first-order chi connectivity index (χ1) is 11.5. The third-order valence-corrected chi connectivity index (χ3v) is 5.12. The van der Waals surface area contributed by atoms with Gasteiger partial charge in [0.1, 0.15) is 11.1 Å². The Bertz CT molecular complexity index is 894. The highest BCUT2D eigenvalue weighted by Crippen LogP contribution is 2.29. The number of thioether (sulfide) groups is 1. The Morgan fingerprint density at radius 2 is 2.42 bits per heavy atom. The molecule has 0 aromatic carbocycles. The topological polar surface area (TPSA) is 104 Å². The molecule has 0 radical (unpaired) electrons. The molecule has 0 bridgehead atoms. The highest BCUT2D eigenvalue weighted by Gasteiger charge is 2.27. The minimum absolute atomic E-state index is 0.0212. The number of nitrogens with zero attached hydrogens (tertiary/aromatic N) is 3. The van der Waals surface area contributed by atoms with Gasteiger partial charge < -0.3 is 0 Å². The van der Waals surface area contributed by atoms with Gasteiger partial charge in [0.2, 0.25) is 5.78 Å². The van der Waals surface area contributed by atoms with Crippen molar-refractivity contribution in [2.75, 3.05) is 5.75 Å². The molecule has 0 spiro atoms. The molecule has 3 rings (SSSR count). The van der Waals surface area contributed by atoms with Gasteiger partial charge in [-0.2, -0.15) is 5.26 Å². The van der Waals surface area contributed by atoms with Crippen LogP contribution in [0.25, 0.3) is 0 Å². The Kier molecular flexibility index (Phi) is 4.53. The first kappa shape index (κ1) is 16.5. The number of nitriles is 1. The summed E-state index contributed by atoms with van der Waals surface area (Å²) in [6.45, 7) is 2.19. The lowest BCUT2D eigenvalue weighted by Gasteiger charge is -2.21. The molecular weight excluding hydrogens is 328 g/mol. The fourth-order valence-electron chi connectivity index (χ4n) is 2.86. The normalized spacial score (nSPS) is 16.5. The van der Waals surface area contributed by atoms with Crippen LogP contribution < -0.4 is 10.3 Å². The smallest absolute Gasteiger partial charge is 0.286 e. The molecule has 1 unspecified atom stereocenters. The lowest BCUT2D eigenvalue weighted by atomic mass is 9.87. The summed E-state index contributed by atoms with van der Waals surface area (Å²) < 4.78 is 5.83. The van der Waals surface area contributed by atoms with Gasteiger partial charge in [-0.1, -0.05) is 23.4 Å². The van der Waals surface area contributed by atoms with Gasteiger partial charge in [0.25, 0.3) is 0 Å². The number of rotatable bonds is 4. The fourth-order valence-corrected chi connectivity index (χ4v) is 3.70. The Balaban J connectivity index is 1.82. The van der Waals surface area contributed by atoms with Gasteiger partial charge in [-0.05, 0) is 42.1 Å². The zero-order valence-electron chi connectivity index (χ0n) is 13.5. The molecule has 0 amide bonds. The molecule has 2 aromatic heterocycles. The van der Waals surface area contributed by atoms with E-state index in [0.717, 1.165) is 30.5 Å².